The van der Waals surface area contributed by atoms with Crippen molar-refractivity contribution in [1.82, 2.24) is 4.98 Å². The van der Waals surface area contributed by atoms with Gasteiger partial charge in [-0.25, -0.2) is 14.2 Å². The summed E-state index contributed by atoms with van der Waals surface area (Å²) in [6, 6.07) is 9.82. The number of halogens is 1. The number of pyridine rings is 1. The van der Waals surface area contributed by atoms with Crippen LogP contribution >= 0.6 is 0 Å². The molecular formula is C16H17FN2O2. The van der Waals surface area contributed by atoms with Crippen LogP contribution in [-0.4, -0.2) is 17.0 Å². The molecule has 1 aromatic carbocycles. The van der Waals surface area contributed by atoms with Crippen LogP contribution in [0.4, 0.5) is 10.2 Å². The van der Waals surface area contributed by atoms with E-state index in [4.69, 9.17) is 4.74 Å². The summed E-state index contributed by atoms with van der Waals surface area (Å²) in [5, 5.41) is 3.09. The number of carbonyl (C=O) groups is 1. The van der Waals surface area contributed by atoms with Crippen LogP contribution in [0.25, 0.3) is 0 Å². The minimum Gasteiger partial charge on any atom is -0.419 e. The Morgan fingerprint density at radius 3 is 2.67 bits per heavy atom. The third kappa shape index (κ3) is 3.78. The van der Waals surface area contributed by atoms with Gasteiger partial charge in [-0.05, 0) is 44.5 Å². The number of benzene rings is 1. The molecule has 0 radical (unpaired) electrons. The second-order valence-corrected chi connectivity index (χ2v) is 4.98. The van der Waals surface area contributed by atoms with Gasteiger partial charge in [-0.1, -0.05) is 18.2 Å². The highest BCUT2D eigenvalue weighted by molar-refractivity contribution is 5.89. The Morgan fingerprint density at radius 2 is 1.95 bits per heavy atom. The first-order chi connectivity index (χ1) is 9.97. The van der Waals surface area contributed by atoms with Crippen molar-refractivity contribution in [2.24, 2.45) is 0 Å². The molecule has 0 aliphatic carbocycles. The number of anilines is 1. The van der Waals surface area contributed by atoms with Crippen LogP contribution in [-0.2, 0) is 0 Å². The van der Waals surface area contributed by atoms with Gasteiger partial charge in [-0.3, -0.25) is 0 Å². The topological polar surface area (TPSA) is 51.2 Å². The van der Waals surface area contributed by atoms with Gasteiger partial charge >= 0.3 is 5.97 Å². The number of hydrogen-bond acceptors (Lipinski definition) is 4. The molecule has 21 heavy (non-hydrogen) atoms. The molecule has 0 amide bonds. The van der Waals surface area contributed by atoms with Crippen molar-refractivity contribution >= 4 is 11.8 Å². The normalized spacial score (nSPS) is 10.5. The Kier molecular flexibility index (Phi) is 4.52. The van der Waals surface area contributed by atoms with Crippen LogP contribution in [0.1, 0.15) is 29.9 Å². The van der Waals surface area contributed by atoms with Gasteiger partial charge < -0.3 is 10.1 Å². The molecule has 0 unspecified atom stereocenters. The number of rotatable bonds is 4. The Morgan fingerprint density at radius 1 is 1.24 bits per heavy atom. The standard InChI is InChI=1S/C16H17FN2O2/c1-10(2)18-14-9-5-7-12(19-14)16(20)21-13-8-4-6-11(3)15(13)17/h4-10H,1-3H3,(H,18,19). The van der Waals surface area contributed by atoms with Gasteiger partial charge in [0.15, 0.2) is 17.3 Å². The van der Waals surface area contributed by atoms with Crippen LogP contribution in [0.15, 0.2) is 36.4 Å². The van der Waals surface area contributed by atoms with Gasteiger partial charge in [0.05, 0.1) is 0 Å². The number of esters is 1. The van der Waals surface area contributed by atoms with Crippen molar-refractivity contribution in [3.63, 3.8) is 0 Å². The fraction of sp³-hybridized carbons (Fsp3) is 0.250. The van der Waals surface area contributed by atoms with Gasteiger partial charge in [0.25, 0.3) is 0 Å². The van der Waals surface area contributed by atoms with Gasteiger partial charge in [-0.2, -0.15) is 0 Å². The first-order valence-corrected chi connectivity index (χ1v) is 6.68. The summed E-state index contributed by atoms with van der Waals surface area (Å²) in [5.74, 6) is -0.748. The van der Waals surface area contributed by atoms with E-state index in [0.717, 1.165) is 0 Å². The van der Waals surface area contributed by atoms with E-state index in [-0.39, 0.29) is 17.5 Å². The fourth-order valence-electron chi connectivity index (χ4n) is 1.78. The average Bonchev–Trinajstić information content (AvgIpc) is 2.43. The summed E-state index contributed by atoms with van der Waals surface area (Å²) in [4.78, 5) is 16.2. The monoisotopic (exact) mass is 288 g/mol. The molecule has 2 aromatic rings. The molecule has 0 aliphatic heterocycles. The van der Waals surface area contributed by atoms with E-state index in [9.17, 15) is 9.18 Å². The third-order valence-corrected chi connectivity index (χ3v) is 2.75. The summed E-state index contributed by atoms with van der Waals surface area (Å²) in [5.41, 5.74) is 0.546. The lowest BCUT2D eigenvalue weighted by molar-refractivity contribution is 0.0721. The minimum absolute atomic E-state index is 0.0935. The highest BCUT2D eigenvalue weighted by Crippen LogP contribution is 2.20. The molecule has 0 fully saturated rings. The molecule has 4 nitrogen and oxygen atoms in total. The summed E-state index contributed by atoms with van der Waals surface area (Å²) in [6.07, 6.45) is 0. The quantitative estimate of drug-likeness (QED) is 0.690. The minimum atomic E-state index is -0.688. The lowest BCUT2D eigenvalue weighted by Crippen LogP contribution is -2.15. The first kappa shape index (κ1) is 15.0. The Labute approximate surface area is 123 Å². The second-order valence-electron chi connectivity index (χ2n) is 4.98. The van der Waals surface area contributed by atoms with Crippen molar-refractivity contribution in [1.29, 1.82) is 0 Å². The third-order valence-electron chi connectivity index (χ3n) is 2.75. The SMILES string of the molecule is Cc1cccc(OC(=O)c2cccc(NC(C)C)n2)c1F. The van der Waals surface area contributed by atoms with Crippen LogP contribution < -0.4 is 10.1 Å². The van der Waals surface area contributed by atoms with E-state index >= 15 is 0 Å². The molecule has 110 valence electrons. The van der Waals surface area contributed by atoms with Gasteiger partial charge in [0.2, 0.25) is 0 Å². The molecule has 0 spiro atoms. The zero-order valence-electron chi connectivity index (χ0n) is 12.2. The van der Waals surface area contributed by atoms with Crippen molar-refractivity contribution in [2.45, 2.75) is 26.8 Å². The Balaban J connectivity index is 2.18. The Hall–Kier alpha value is -2.43. The average molecular weight is 288 g/mol. The maximum absolute atomic E-state index is 13.8. The summed E-state index contributed by atoms with van der Waals surface area (Å²) >= 11 is 0. The van der Waals surface area contributed by atoms with Crippen LogP contribution in [0.2, 0.25) is 0 Å². The predicted octanol–water partition coefficient (Wildman–Crippen LogP) is 3.57. The molecule has 0 bridgehead atoms. The van der Waals surface area contributed by atoms with Crippen LogP contribution in [0, 0.1) is 12.7 Å². The highest BCUT2D eigenvalue weighted by atomic mass is 19.1. The molecule has 2 rings (SSSR count). The number of aromatic nitrogens is 1. The largest absolute Gasteiger partial charge is 0.419 e. The number of hydrogen-bond donors (Lipinski definition) is 1. The van der Waals surface area contributed by atoms with E-state index < -0.39 is 11.8 Å². The number of carbonyl (C=O) groups excluding carboxylic acids is 1. The van der Waals surface area contributed by atoms with Crippen molar-refractivity contribution in [3.8, 4) is 5.75 Å². The smallest absolute Gasteiger partial charge is 0.362 e. The maximum atomic E-state index is 13.8. The zero-order valence-corrected chi connectivity index (χ0v) is 12.2. The van der Waals surface area contributed by atoms with E-state index in [0.29, 0.717) is 11.4 Å². The number of aryl methyl sites for hydroxylation is 1. The summed E-state index contributed by atoms with van der Waals surface area (Å²) in [6.45, 7) is 5.54. The molecule has 0 atom stereocenters. The van der Waals surface area contributed by atoms with Crippen LogP contribution in [0.3, 0.4) is 0 Å². The zero-order chi connectivity index (χ0) is 15.4. The molecule has 5 heteroatoms. The van der Waals surface area contributed by atoms with Crippen molar-refractivity contribution in [2.75, 3.05) is 5.32 Å². The highest BCUT2D eigenvalue weighted by Gasteiger charge is 2.14. The molecule has 1 N–H and O–H groups in total. The van der Waals surface area contributed by atoms with E-state index in [1.165, 1.54) is 12.1 Å². The summed E-state index contributed by atoms with van der Waals surface area (Å²) < 4.78 is 18.9. The predicted molar refractivity (Wildman–Crippen MR) is 79.1 cm³/mol. The van der Waals surface area contributed by atoms with Gasteiger partial charge in [-0.15, -0.1) is 0 Å². The molecule has 0 saturated carbocycles. The van der Waals surface area contributed by atoms with Crippen molar-refractivity contribution < 1.29 is 13.9 Å². The molecule has 0 aliphatic rings. The molecule has 1 aromatic heterocycles. The lowest BCUT2D eigenvalue weighted by atomic mass is 10.2. The number of ether oxygens (including phenoxy) is 1. The second kappa shape index (κ2) is 6.35. The molecule has 1 heterocycles. The number of nitrogens with one attached hydrogen (secondary N) is 1. The maximum Gasteiger partial charge on any atom is 0.362 e. The summed E-state index contributed by atoms with van der Waals surface area (Å²) in [7, 11) is 0. The van der Waals surface area contributed by atoms with E-state index in [2.05, 4.69) is 10.3 Å². The Bertz CT molecular complexity index is 656. The van der Waals surface area contributed by atoms with Crippen molar-refractivity contribution in [3.05, 3.63) is 53.5 Å². The first-order valence-electron chi connectivity index (χ1n) is 6.68. The van der Waals surface area contributed by atoms with Gasteiger partial charge in [0.1, 0.15) is 5.82 Å². The molecular weight excluding hydrogens is 271 g/mol. The molecule has 0 saturated heterocycles. The van der Waals surface area contributed by atoms with Crippen LogP contribution in [0.5, 0.6) is 5.75 Å². The number of nitrogens with zero attached hydrogens (tertiary/aromatic N) is 1. The van der Waals surface area contributed by atoms with E-state index in [1.54, 1.807) is 31.2 Å². The fourth-order valence-corrected chi connectivity index (χ4v) is 1.78. The van der Waals surface area contributed by atoms with E-state index in [1.807, 2.05) is 13.8 Å². The van der Waals surface area contributed by atoms with Gasteiger partial charge in [0, 0.05) is 6.04 Å². The lowest BCUT2D eigenvalue weighted by Gasteiger charge is -2.10.